The second kappa shape index (κ2) is 8.87. The molecule has 5 heteroatoms. The van der Waals surface area contributed by atoms with Crippen LogP contribution >= 0.6 is 0 Å². The van der Waals surface area contributed by atoms with Crippen molar-refractivity contribution in [1.82, 2.24) is 5.32 Å². The monoisotopic (exact) mass is 359 g/mol. The lowest BCUT2D eigenvalue weighted by Crippen LogP contribution is -2.49. The Hall–Kier alpha value is -1.59. The molecule has 2 fully saturated rings. The van der Waals surface area contributed by atoms with Gasteiger partial charge in [-0.05, 0) is 49.4 Å². The van der Waals surface area contributed by atoms with Gasteiger partial charge in [-0.3, -0.25) is 4.79 Å². The van der Waals surface area contributed by atoms with Gasteiger partial charge in [0.15, 0.2) is 0 Å². The average Bonchev–Trinajstić information content (AvgIpc) is 2.66. The maximum absolute atomic E-state index is 12.6. The van der Waals surface area contributed by atoms with Gasteiger partial charge in [-0.2, -0.15) is 0 Å². The van der Waals surface area contributed by atoms with Gasteiger partial charge >= 0.3 is 0 Å². The summed E-state index contributed by atoms with van der Waals surface area (Å²) < 4.78 is 5.39. The van der Waals surface area contributed by atoms with E-state index in [4.69, 9.17) is 4.74 Å². The van der Waals surface area contributed by atoms with E-state index < -0.39 is 0 Å². The first-order chi connectivity index (χ1) is 12.5. The number of nitrogens with zero attached hydrogens (tertiary/aromatic N) is 1. The summed E-state index contributed by atoms with van der Waals surface area (Å²) in [4.78, 5) is 14.9. The molecule has 2 N–H and O–H groups in total. The smallest absolute Gasteiger partial charge is 0.241 e. The van der Waals surface area contributed by atoms with Gasteiger partial charge < -0.3 is 20.3 Å². The van der Waals surface area contributed by atoms with Crippen molar-refractivity contribution in [3.8, 4) is 0 Å². The Morgan fingerprint density at radius 1 is 1.15 bits per heavy atom. The summed E-state index contributed by atoms with van der Waals surface area (Å²) in [6.45, 7) is 9.98. The molecule has 5 nitrogen and oxygen atoms in total. The van der Waals surface area contributed by atoms with Crippen molar-refractivity contribution in [2.45, 2.75) is 52.1 Å². The van der Waals surface area contributed by atoms with Crippen molar-refractivity contribution in [3.05, 3.63) is 24.3 Å². The lowest BCUT2D eigenvalue weighted by Gasteiger charge is -2.36. The van der Waals surface area contributed by atoms with Crippen molar-refractivity contribution >= 4 is 17.3 Å². The standard InChI is InChI=1S/C21H33N3O2/c1-15-5-4-6-20(16(15)2)22-17(3)21(25)23-18-7-9-19(10-8-18)24-11-13-26-14-12-24/h7-10,15-17,20,22H,4-6,11-14H2,1-3H3,(H,23,25)/t15-,16+,17-,20-/m0/s1. The topological polar surface area (TPSA) is 53.6 Å². The summed E-state index contributed by atoms with van der Waals surface area (Å²) in [6, 6.07) is 8.37. The zero-order valence-electron chi connectivity index (χ0n) is 16.3. The lowest BCUT2D eigenvalue weighted by molar-refractivity contribution is -0.118. The van der Waals surface area contributed by atoms with Crippen LogP contribution in [0.15, 0.2) is 24.3 Å². The minimum atomic E-state index is -0.188. The number of hydrogen-bond acceptors (Lipinski definition) is 4. The normalized spacial score (nSPS) is 27.8. The average molecular weight is 360 g/mol. The van der Waals surface area contributed by atoms with Gasteiger partial charge in [0.1, 0.15) is 0 Å². The molecule has 144 valence electrons. The summed E-state index contributed by atoms with van der Waals surface area (Å²) in [5.41, 5.74) is 2.04. The molecule has 1 heterocycles. The molecule has 4 atom stereocenters. The van der Waals surface area contributed by atoms with Crippen LogP contribution in [0.2, 0.25) is 0 Å². The van der Waals surface area contributed by atoms with E-state index in [1.807, 2.05) is 19.1 Å². The molecule has 1 aliphatic carbocycles. The molecular formula is C21H33N3O2. The molecule has 1 saturated heterocycles. The van der Waals surface area contributed by atoms with Crippen LogP contribution < -0.4 is 15.5 Å². The zero-order chi connectivity index (χ0) is 18.5. The molecule has 1 aromatic carbocycles. The van der Waals surface area contributed by atoms with Crippen LogP contribution in [0.3, 0.4) is 0 Å². The van der Waals surface area contributed by atoms with Crippen molar-refractivity contribution in [3.63, 3.8) is 0 Å². The third-order valence-electron chi connectivity index (χ3n) is 6.08. The second-order valence-electron chi connectivity index (χ2n) is 7.90. The maximum atomic E-state index is 12.6. The van der Waals surface area contributed by atoms with E-state index in [9.17, 15) is 4.79 Å². The Balaban J connectivity index is 1.52. The van der Waals surface area contributed by atoms with Crippen molar-refractivity contribution in [2.75, 3.05) is 36.5 Å². The quantitative estimate of drug-likeness (QED) is 0.847. The third-order valence-corrected chi connectivity index (χ3v) is 6.08. The molecule has 3 rings (SSSR count). The summed E-state index contributed by atoms with van der Waals surface area (Å²) in [6.07, 6.45) is 3.72. The fraction of sp³-hybridized carbons (Fsp3) is 0.667. The van der Waals surface area contributed by atoms with Gasteiger partial charge in [0.05, 0.1) is 19.3 Å². The van der Waals surface area contributed by atoms with Gasteiger partial charge in [0, 0.05) is 30.5 Å². The Labute approximate surface area is 157 Å². The van der Waals surface area contributed by atoms with E-state index in [0.29, 0.717) is 12.0 Å². The number of carbonyl (C=O) groups is 1. The predicted molar refractivity (Wildman–Crippen MR) is 107 cm³/mol. The van der Waals surface area contributed by atoms with Crippen molar-refractivity contribution in [1.29, 1.82) is 0 Å². The molecule has 0 aromatic heterocycles. The van der Waals surface area contributed by atoms with Crippen molar-refractivity contribution < 1.29 is 9.53 Å². The number of benzene rings is 1. The highest BCUT2D eigenvalue weighted by Gasteiger charge is 2.29. The fourth-order valence-corrected chi connectivity index (χ4v) is 4.04. The number of morpholine rings is 1. The molecule has 1 saturated carbocycles. The number of hydrogen-bond donors (Lipinski definition) is 2. The number of amides is 1. The highest BCUT2D eigenvalue weighted by molar-refractivity contribution is 5.94. The van der Waals surface area contributed by atoms with Crippen LogP contribution in [0.1, 0.15) is 40.0 Å². The van der Waals surface area contributed by atoms with E-state index in [1.54, 1.807) is 0 Å². The van der Waals surface area contributed by atoms with E-state index in [-0.39, 0.29) is 11.9 Å². The Kier molecular flexibility index (Phi) is 6.54. The molecule has 1 amide bonds. The molecule has 0 spiro atoms. The molecule has 0 bridgehead atoms. The maximum Gasteiger partial charge on any atom is 0.241 e. The Bertz CT molecular complexity index is 583. The Morgan fingerprint density at radius 3 is 2.54 bits per heavy atom. The number of nitrogens with one attached hydrogen (secondary N) is 2. The van der Waals surface area contributed by atoms with E-state index in [1.165, 1.54) is 18.5 Å². The Morgan fingerprint density at radius 2 is 1.85 bits per heavy atom. The summed E-state index contributed by atoms with van der Waals surface area (Å²) in [5, 5.41) is 6.59. The number of anilines is 2. The minimum absolute atomic E-state index is 0.0366. The molecule has 1 aliphatic heterocycles. The van der Waals surface area contributed by atoms with Gasteiger partial charge in [0.25, 0.3) is 0 Å². The summed E-state index contributed by atoms with van der Waals surface area (Å²) in [7, 11) is 0. The zero-order valence-corrected chi connectivity index (χ0v) is 16.3. The van der Waals surface area contributed by atoms with Crippen LogP contribution in [0.25, 0.3) is 0 Å². The first-order valence-electron chi connectivity index (χ1n) is 10.0. The SMILES string of the molecule is C[C@H]1[C@@H](N[C@@H](C)C(=O)Nc2ccc(N3CCOCC3)cc2)CCC[C@@H]1C. The first-order valence-corrected chi connectivity index (χ1v) is 10.0. The van der Waals surface area contributed by atoms with Crippen LogP contribution in [0.4, 0.5) is 11.4 Å². The highest BCUT2D eigenvalue weighted by Crippen LogP contribution is 2.29. The molecule has 26 heavy (non-hydrogen) atoms. The lowest BCUT2D eigenvalue weighted by atomic mass is 9.78. The van der Waals surface area contributed by atoms with E-state index >= 15 is 0 Å². The fourth-order valence-electron chi connectivity index (χ4n) is 4.04. The predicted octanol–water partition coefficient (Wildman–Crippen LogP) is 3.26. The summed E-state index contributed by atoms with van der Waals surface area (Å²) >= 11 is 0. The highest BCUT2D eigenvalue weighted by atomic mass is 16.5. The van der Waals surface area contributed by atoms with E-state index in [2.05, 4.69) is 41.5 Å². The first kappa shape index (κ1) is 19.2. The van der Waals surface area contributed by atoms with Crippen molar-refractivity contribution in [2.24, 2.45) is 11.8 Å². The largest absolute Gasteiger partial charge is 0.378 e. The molecule has 2 aliphatic rings. The van der Waals surface area contributed by atoms with Gasteiger partial charge in [-0.25, -0.2) is 0 Å². The van der Waals surface area contributed by atoms with Crippen LogP contribution in [-0.4, -0.2) is 44.3 Å². The summed E-state index contributed by atoms with van der Waals surface area (Å²) in [5.74, 6) is 1.38. The number of ether oxygens (including phenoxy) is 1. The second-order valence-corrected chi connectivity index (χ2v) is 7.90. The van der Waals surface area contributed by atoms with Crippen LogP contribution in [0, 0.1) is 11.8 Å². The van der Waals surface area contributed by atoms with Gasteiger partial charge in [-0.1, -0.05) is 26.7 Å². The van der Waals surface area contributed by atoms with E-state index in [0.717, 1.165) is 44.3 Å². The molecular weight excluding hydrogens is 326 g/mol. The molecule has 0 unspecified atom stereocenters. The number of carbonyl (C=O) groups excluding carboxylic acids is 1. The molecule has 0 radical (unpaired) electrons. The minimum Gasteiger partial charge on any atom is -0.378 e. The van der Waals surface area contributed by atoms with Gasteiger partial charge in [0.2, 0.25) is 5.91 Å². The third kappa shape index (κ3) is 4.77. The van der Waals surface area contributed by atoms with Crippen LogP contribution in [0.5, 0.6) is 0 Å². The van der Waals surface area contributed by atoms with Crippen LogP contribution in [-0.2, 0) is 9.53 Å². The number of rotatable bonds is 5. The van der Waals surface area contributed by atoms with Gasteiger partial charge in [-0.15, -0.1) is 0 Å². The molecule has 1 aromatic rings.